The standard InChI is InChI=1S/C15H17NO4S/c1-20-7-6-16-15(19)5-2-10-8-11-12(9-17)13(18)3-4-14(11)21-10/h3-4,8-9,18H,2,5-7H2,1H3,(H,16,19). The first kappa shape index (κ1) is 15.5. The van der Waals surface area contributed by atoms with Crippen molar-refractivity contribution < 1.29 is 19.4 Å². The number of ether oxygens (including phenoxy) is 1. The van der Waals surface area contributed by atoms with E-state index in [1.54, 1.807) is 13.2 Å². The number of fused-ring (bicyclic) bond motifs is 1. The monoisotopic (exact) mass is 307 g/mol. The number of amides is 1. The quantitative estimate of drug-likeness (QED) is 0.607. The molecule has 1 heterocycles. The minimum absolute atomic E-state index is 0.0147. The van der Waals surface area contributed by atoms with Crippen LogP contribution in [0.15, 0.2) is 18.2 Å². The molecule has 0 aliphatic rings. The molecule has 0 aliphatic carbocycles. The van der Waals surface area contributed by atoms with Gasteiger partial charge in [0, 0.05) is 35.0 Å². The summed E-state index contributed by atoms with van der Waals surface area (Å²) in [6.07, 6.45) is 1.65. The molecule has 1 aromatic carbocycles. The van der Waals surface area contributed by atoms with E-state index in [4.69, 9.17) is 4.74 Å². The van der Waals surface area contributed by atoms with Gasteiger partial charge in [-0.2, -0.15) is 0 Å². The second-order valence-electron chi connectivity index (χ2n) is 4.58. The van der Waals surface area contributed by atoms with Crippen LogP contribution in [0.4, 0.5) is 0 Å². The van der Waals surface area contributed by atoms with Crippen molar-refractivity contribution in [1.82, 2.24) is 5.32 Å². The highest BCUT2D eigenvalue weighted by Crippen LogP contribution is 2.32. The maximum absolute atomic E-state index is 11.6. The molecule has 0 saturated carbocycles. The molecule has 21 heavy (non-hydrogen) atoms. The lowest BCUT2D eigenvalue weighted by atomic mass is 10.1. The second-order valence-corrected chi connectivity index (χ2v) is 5.75. The van der Waals surface area contributed by atoms with Gasteiger partial charge in [-0.3, -0.25) is 9.59 Å². The summed E-state index contributed by atoms with van der Waals surface area (Å²) in [5.41, 5.74) is 0.305. The summed E-state index contributed by atoms with van der Waals surface area (Å²) < 4.78 is 5.80. The third kappa shape index (κ3) is 3.80. The van der Waals surface area contributed by atoms with E-state index in [1.165, 1.54) is 17.4 Å². The second kappa shape index (κ2) is 7.19. The van der Waals surface area contributed by atoms with Crippen LogP contribution in [0.3, 0.4) is 0 Å². The number of thiophene rings is 1. The van der Waals surface area contributed by atoms with Crippen molar-refractivity contribution in [2.45, 2.75) is 12.8 Å². The Hall–Kier alpha value is -1.92. The number of phenolic OH excluding ortho intramolecular Hbond substituents is 1. The summed E-state index contributed by atoms with van der Waals surface area (Å²) in [5.74, 6) is -0.0397. The number of carbonyl (C=O) groups is 2. The number of methoxy groups -OCH3 is 1. The Morgan fingerprint density at radius 1 is 1.48 bits per heavy atom. The number of benzene rings is 1. The van der Waals surface area contributed by atoms with E-state index in [1.807, 2.05) is 6.07 Å². The Bertz CT molecular complexity index is 650. The molecule has 0 aliphatic heterocycles. The van der Waals surface area contributed by atoms with Gasteiger partial charge in [-0.05, 0) is 24.6 Å². The fourth-order valence-electron chi connectivity index (χ4n) is 2.04. The largest absolute Gasteiger partial charge is 0.507 e. The molecule has 0 unspecified atom stereocenters. The van der Waals surface area contributed by atoms with E-state index in [0.29, 0.717) is 37.8 Å². The molecule has 2 aromatic rings. The van der Waals surface area contributed by atoms with Gasteiger partial charge in [-0.15, -0.1) is 11.3 Å². The molecule has 0 fully saturated rings. The van der Waals surface area contributed by atoms with Crippen LogP contribution in [0.25, 0.3) is 10.1 Å². The predicted octanol–water partition coefficient (Wildman–Crippen LogP) is 2.11. The fourth-order valence-corrected chi connectivity index (χ4v) is 3.12. The Kier molecular flexibility index (Phi) is 5.30. The van der Waals surface area contributed by atoms with Crippen molar-refractivity contribution in [2.24, 2.45) is 0 Å². The first-order valence-electron chi connectivity index (χ1n) is 6.61. The normalized spacial score (nSPS) is 10.7. The average molecular weight is 307 g/mol. The predicted molar refractivity (Wildman–Crippen MR) is 82.1 cm³/mol. The maximum Gasteiger partial charge on any atom is 0.220 e. The fraction of sp³-hybridized carbons (Fsp3) is 0.333. The van der Waals surface area contributed by atoms with E-state index >= 15 is 0 Å². The van der Waals surface area contributed by atoms with Gasteiger partial charge < -0.3 is 15.2 Å². The third-order valence-corrected chi connectivity index (χ3v) is 4.28. The van der Waals surface area contributed by atoms with Gasteiger partial charge in [-0.25, -0.2) is 0 Å². The molecule has 2 N–H and O–H groups in total. The third-order valence-electron chi connectivity index (χ3n) is 3.12. The van der Waals surface area contributed by atoms with Crippen LogP contribution in [0.2, 0.25) is 0 Å². The Balaban J connectivity index is 2.03. The molecule has 0 radical (unpaired) electrons. The zero-order valence-corrected chi connectivity index (χ0v) is 12.5. The molecule has 5 nitrogen and oxygen atoms in total. The van der Waals surface area contributed by atoms with E-state index < -0.39 is 0 Å². The SMILES string of the molecule is COCCNC(=O)CCc1cc2c(C=O)c(O)ccc2s1. The van der Waals surface area contributed by atoms with E-state index in [-0.39, 0.29) is 11.7 Å². The topological polar surface area (TPSA) is 75.6 Å². The number of aldehydes is 1. The smallest absolute Gasteiger partial charge is 0.220 e. The van der Waals surface area contributed by atoms with Gasteiger partial charge >= 0.3 is 0 Å². The molecule has 0 spiro atoms. The lowest BCUT2D eigenvalue weighted by Crippen LogP contribution is -2.26. The van der Waals surface area contributed by atoms with Crippen LogP contribution >= 0.6 is 11.3 Å². The molecule has 0 saturated heterocycles. The van der Waals surface area contributed by atoms with Gasteiger partial charge in [0.2, 0.25) is 5.91 Å². The molecule has 0 bridgehead atoms. The molecule has 1 amide bonds. The number of aryl methyl sites for hydroxylation is 1. The van der Waals surface area contributed by atoms with Crippen molar-refractivity contribution in [3.63, 3.8) is 0 Å². The molecule has 0 atom stereocenters. The summed E-state index contributed by atoms with van der Waals surface area (Å²) in [5, 5.41) is 13.2. The van der Waals surface area contributed by atoms with Crippen molar-refractivity contribution in [3.05, 3.63) is 28.6 Å². The Morgan fingerprint density at radius 2 is 2.29 bits per heavy atom. The lowest BCUT2D eigenvalue weighted by Gasteiger charge is -2.03. The Labute approximate surface area is 126 Å². The van der Waals surface area contributed by atoms with Crippen molar-refractivity contribution >= 4 is 33.6 Å². The zero-order chi connectivity index (χ0) is 15.2. The molecule has 6 heteroatoms. The number of rotatable bonds is 7. The molecule has 2 rings (SSSR count). The number of phenols is 1. The van der Waals surface area contributed by atoms with Crippen LogP contribution in [-0.4, -0.2) is 37.6 Å². The minimum Gasteiger partial charge on any atom is -0.507 e. The summed E-state index contributed by atoms with van der Waals surface area (Å²) in [6, 6.07) is 5.17. The van der Waals surface area contributed by atoms with Crippen molar-refractivity contribution in [2.75, 3.05) is 20.3 Å². The van der Waals surface area contributed by atoms with E-state index in [2.05, 4.69) is 5.32 Å². The highest BCUT2D eigenvalue weighted by Gasteiger charge is 2.11. The van der Waals surface area contributed by atoms with Crippen LogP contribution in [0.5, 0.6) is 5.75 Å². The van der Waals surface area contributed by atoms with Crippen LogP contribution in [-0.2, 0) is 16.0 Å². The van der Waals surface area contributed by atoms with Gasteiger partial charge in [0.1, 0.15) is 5.75 Å². The lowest BCUT2D eigenvalue weighted by molar-refractivity contribution is -0.121. The van der Waals surface area contributed by atoms with Gasteiger partial charge in [0.05, 0.1) is 12.2 Å². The summed E-state index contributed by atoms with van der Waals surface area (Å²) >= 11 is 1.53. The highest BCUT2D eigenvalue weighted by atomic mass is 32.1. The molecule has 112 valence electrons. The number of aromatic hydroxyl groups is 1. The van der Waals surface area contributed by atoms with Gasteiger partial charge in [-0.1, -0.05) is 0 Å². The number of nitrogens with one attached hydrogen (secondary N) is 1. The Morgan fingerprint density at radius 3 is 3.00 bits per heavy atom. The average Bonchev–Trinajstić information content (AvgIpc) is 2.88. The van der Waals surface area contributed by atoms with E-state index in [0.717, 1.165) is 15.0 Å². The number of hydrogen-bond donors (Lipinski definition) is 2. The van der Waals surface area contributed by atoms with Gasteiger partial charge in [0.25, 0.3) is 0 Å². The van der Waals surface area contributed by atoms with Crippen molar-refractivity contribution in [3.8, 4) is 5.75 Å². The summed E-state index contributed by atoms with van der Waals surface area (Å²) in [7, 11) is 1.59. The number of hydrogen-bond acceptors (Lipinski definition) is 5. The van der Waals surface area contributed by atoms with Crippen LogP contribution in [0.1, 0.15) is 21.7 Å². The van der Waals surface area contributed by atoms with E-state index in [9.17, 15) is 14.7 Å². The molecule has 1 aromatic heterocycles. The molecular weight excluding hydrogens is 290 g/mol. The summed E-state index contributed by atoms with van der Waals surface area (Å²) in [6.45, 7) is 1.00. The first-order valence-corrected chi connectivity index (χ1v) is 7.42. The minimum atomic E-state index is -0.0250. The van der Waals surface area contributed by atoms with Crippen molar-refractivity contribution in [1.29, 1.82) is 0 Å². The highest BCUT2D eigenvalue weighted by molar-refractivity contribution is 7.19. The van der Waals surface area contributed by atoms with Crippen LogP contribution < -0.4 is 5.32 Å². The van der Waals surface area contributed by atoms with Crippen LogP contribution in [0, 0.1) is 0 Å². The first-order chi connectivity index (χ1) is 10.2. The molecular formula is C15H17NO4S. The zero-order valence-electron chi connectivity index (χ0n) is 11.7. The maximum atomic E-state index is 11.6. The number of carbonyl (C=O) groups excluding carboxylic acids is 2. The van der Waals surface area contributed by atoms with Gasteiger partial charge in [0.15, 0.2) is 6.29 Å². The summed E-state index contributed by atoms with van der Waals surface area (Å²) in [4.78, 5) is 23.7.